The Balaban J connectivity index is -0.000000622. The van der Waals surface area contributed by atoms with Crippen LogP contribution in [0.25, 0.3) is 5.69 Å². The minimum Gasteiger partial charge on any atom is -1.00 e. The van der Waals surface area contributed by atoms with E-state index in [-0.39, 0.29) is 134 Å². The number of benzene rings is 2. The van der Waals surface area contributed by atoms with Crippen molar-refractivity contribution in [3.8, 4) is 17.2 Å². The minimum absolute atomic E-state index is 0. The van der Waals surface area contributed by atoms with Crippen LogP contribution in [0.2, 0.25) is 0 Å². The van der Waals surface area contributed by atoms with Crippen molar-refractivity contribution >= 4 is 24.1 Å². The zero-order valence-electron chi connectivity index (χ0n) is 28.4. The normalized spacial score (nSPS) is 9.09. The number of nitrogens with zero attached hydrogens (tertiary/aromatic N) is 1. The molecule has 2 heterocycles. The van der Waals surface area contributed by atoms with E-state index in [2.05, 4.69) is 18.8 Å². The van der Waals surface area contributed by atoms with Crippen molar-refractivity contribution in [3.05, 3.63) is 115 Å². The molecular weight excluding hydrogens is 671 g/mol. The zero-order chi connectivity index (χ0) is 34.3. The molecule has 0 radical (unpaired) electrons. The van der Waals surface area contributed by atoms with Crippen LogP contribution in [0.15, 0.2) is 74.7 Å². The molecule has 2 aromatic carbocycles. The van der Waals surface area contributed by atoms with E-state index in [4.69, 9.17) is 20.9 Å². The van der Waals surface area contributed by atoms with E-state index in [1.54, 1.807) is 50.2 Å². The third-order valence-electron chi connectivity index (χ3n) is 5.69. The second-order valence-electron chi connectivity index (χ2n) is 9.02. The molecule has 4 aromatic rings. The van der Waals surface area contributed by atoms with E-state index in [1.165, 1.54) is 30.9 Å². The van der Waals surface area contributed by atoms with Crippen LogP contribution in [0.5, 0.6) is 11.5 Å². The van der Waals surface area contributed by atoms with E-state index in [0.29, 0.717) is 34.0 Å². The number of carbonyl (C=O) groups excluding carboxylic acids is 3. The Morgan fingerprint density at radius 3 is 1.74 bits per heavy atom. The van der Waals surface area contributed by atoms with Gasteiger partial charge in [-0.2, -0.15) is 0 Å². The monoisotopic (exact) mass is 704 g/mol. The van der Waals surface area contributed by atoms with Crippen LogP contribution in [0.1, 0.15) is 44.7 Å². The summed E-state index contributed by atoms with van der Waals surface area (Å²) in [7, 11) is 2.65. The van der Waals surface area contributed by atoms with Crippen LogP contribution in [0.4, 0.5) is 5.69 Å². The largest absolute Gasteiger partial charge is 1.00 e. The SMILES string of the molecule is COC(=O)c1ccc(C)c(-n2c(C)cc(O)cc2=O)c1.COC(=O)c1ccc(C)c(N)c1.Cc1cc(O)cc(=O)o1.O=CO[O-].[H-].[K+].[K+]. The first kappa shape index (κ1) is 46.5. The van der Waals surface area contributed by atoms with Gasteiger partial charge in [0.25, 0.3) is 12.0 Å². The summed E-state index contributed by atoms with van der Waals surface area (Å²) in [5, 5.41) is 26.6. The molecule has 0 atom stereocenters. The number of methoxy groups -OCH3 is 2. The molecule has 0 spiro atoms. The van der Waals surface area contributed by atoms with Crippen molar-refractivity contribution in [2.24, 2.45) is 0 Å². The Morgan fingerprint density at radius 2 is 1.32 bits per heavy atom. The topological polar surface area (TPSA) is 221 Å². The zero-order valence-corrected chi connectivity index (χ0v) is 33.6. The Bertz CT molecular complexity index is 1740. The number of hydrogen-bond acceptors (Lipinski definition) is 13. The predicted octanol–water partition coefficient (Wildman–Crippen LogP) is -3.48. The predicted molar refractivity (Wildman–Crippen MR) is 161 cm³/mol. The summed E-state index contributed by atoms with van der Waals surface area (Å²) in [6, 6.07) is 15.1. The van der Waals surface area contributed by atoms with Crippen molar-refractivity contribution < 1.29 is 153 Å². The second-order valence-corrected chi connectivity index (χ2v) is 9.02. The van der Waals surface area contributed by atoms with Gasteiger partial charge in [-0.1, -0.05) is 12.1 Å². The maximum absolute atomic E-state index is 12.1. The first-order valence-corrected chi connectivity index (χ1v) is 12.8. The summed E-state index contributed by atoms with van der Waals surface area (Å²) in [5.74, 6) is -0.535. The summed E-state index contributed by atoms with van der Waals surface area (Å²) >= 11 is 0. The van der Waals surface area contributed by atoms with E-state index < -0.39 is 11.6 Å². The minimum atomic E-state index is -0.521. The van der Waals surface area contributed by atoms with Crippen LogP contribution in [-0.4, -0.2) is 47.4 Å². The standard InChI is InChI=1S/C15H15NO4.C9H11NO2.C6H6O3.CH2O3.2K.H/c1-9-4-5-11(15(19)20-3)7-13(9)16-10(2)6-12(17)8-14(16)18;1-6-3-4-7(5-8(6)10)9(11)12-2;1-4-2-5(7)3-6(8)9-4;2-1-4-3;;;/h4-8,17H,1-3H3;3-5H,10H2,1-2H3;2-3,7H,1H3;1,3H;;;/q;;;;2*+1;-1/p-1. The van der Waals surface area contributed by atoms with E-state index in [1.807, 2.05) is 13.8 Å². The quantitative estimate of drug-likeness (QED) is 0.0470. The Kier molecular flexibility index (Phi) is 23.4. The Hall–Kier alpha value is -2.62. The first-order chi connectivity index (χ1) is 21.2. The van der Waals surface area contributed by atoms with Gasteiger partial charge in [0.1, 0.15) is 17.3 Å². The summed E-state index contributed by atoms with van der Waals surface area (Å²) < 4.78 is 15.2. The fourth-order valence-electron chi connectivity index (χ4n) is 3.56. The van der Waals surface area contributed by atoms with Crippen molar-refractivity contribution in [2.45, 2.75) is 27.7 Å². The number of aryl methyl sites for hydroxylation is 4. The van der Waals surface area contributed by atoms with Crippen molar-refractivity contribution in [1.29, 1.82) is 0 Å². The molecule has 2 aromatic heterocycles. The number of hydrogen-bond donors (Lipinski definition) is 3. The van der Waals surface area contributed by atoms with Crippen LogP contribution in [0, 0.1) is 27.7 Å². The van der Waals surface area contributed by atoms with Gasteiger partial charge in [-0.05, 0) is 69.2 Å². The number of nitrogens with two attached hydrogens (primary N) is 1. The molecule has 14 nitrogen and oxygen atoms in total. The van der Waals surface area contributed by atoms with Gasteiger partial charge < -0.3 is 41.4 Å². The fourth-order valence-corrected chi connectivity index (χ4v) is 3.56. The number of nitrogen functional groups attached to an aromatic ring is 1. The third-order valence-corrected chi connectivity index (χ3v) is 5.69. The summed E-state index contributed by atoms with van der Waals surface area (Å²) in [6.07, 6.45) is 0. The van der Waals surface area contributed by atoms with Crippen molar-refractivity contribution in [1.82, 2.24) is 4.57 Å². The third kappa shape index (κ3) is 15.9. The van der Waals surface area contributed by atoms with Gasteiger partial charge in [0, 0.05) is 23.5 Å². The molecular formula is C31H34K2N2O12. The van der Waals surface area contributed by atoms with Crippen LogP contribution >= 0.6 is 0 Å². The molecule has 0 saturated carbocycles. The smallest absolute Gasteiger partial charge is 1.00 e. The van der Waals surface area contributed by atoms with Gasteiger partial charge in [0.2, 0.25) is 0 Å². The molecule has 0 unspecified atom stereocenters. The summed E-state index contributed by atoms with van der Waals surface area (Å²) in [4.78, 5) is 56.3. The average molecular weight is 705 g/mol. The van der Waals surface area contributed by atoms with Gasteiger partial charge in [-0.25, -0.2) is 14.4 Å². The summed E-state index contributed by atoms with van der Waals surface area (Å²) in [6.45, 7) is 6.86. The number of ether oxygens (including phenoxy) is 2. The number of aromatic nitrogens is 1. The van der Waals surface area contributed by atoms with E-state index in [0.717, 1.165) is 23.3 Å². The Labute approximate surface area is 356 Å². The summed E-state index contributed by atoms with van der Waals surface area (Å²) in [5.41, 5.74) is 9.17. The molecule has 0 amide bonds. The molecule has 0 aliphatic rings. The van der Waals surface area contributed by atoms with Crippen molar-refractivity contribution in [2.75, 3.05) is 20.0 Å². The van der Waals surface area contributed by atoms with Crippen LogP contribution in [0.3, 0.4) is 0 Å². The molecule has 0 bridgehead atoms. The average Bonchev–Trinajstić information content (AvgIpc) is 2.98. The Morgan fingerprint density at radius 1 is 0.830 bits per heavy atom. The van der Waals surface area contributed by atoms with Gasteiger partial charge in [-0.3, -0.25) is 14.2 Å². The molecule has 0 aliphatic carbocycles. The van der Waals surface area contributed by atoms with Crippen LogP contribution in [-0.2, 0) is 19.2 Å². The van der Waals surface area contributed by atoms with E-state index >= 15 is 0 Å². The van der Waals surface area contributed by atoms with Crippen molar-refractivity contribution in [3.63, 3.8) is 0 Å². The molecule has 0 aliphatic heterocycles. The maximum atomic E-state index is 12.1. The number of aromatic hydroxyl groups is 2. The maximum Gasteiger partial charge on any atom is 1.00 e. The molecule has 242 valence electrons. The molecule has 47 heavy (non-hydrogen) atoms. The van der Waals surface area contributed by atoms with E-state index in [9.17, 15) is 24.3 Å². The first-order valence-electron chi connectivity index (χ1n) is 12.8. The number of anilines is 1. The van der Waals surface area contributed by atoms with Gasteiger partial charge in [-0.15, -0.1) is 0 Å². The van der Waals surface area contributed by atoms with Gasteiger partial charge in [0.05, 0.1) is 37.1 Å². The molecule has 16 heteroatoms. The molecule has 4 N–H and O–H groups in total. The number of rotatable bonds is 4. The van der Waals surface area contributed by atoms with Gasteiger partial charge >= 0.3 is 120 Å². The van der Waals surface area contributed by atoms with Crippen LogP contribution < -0.4 is 125 Å². The number of carbonyl (C=O) groups is 3. The number of esters is 2. The van der Waals surface area contributed by atoms with Gasteiger partial charge in [0.15, 0.2) is 0 Å². The molecule has 4 rings (SSSR count). The molecule has 0 saturated heterocycles. The fraction of sp³-hybridized carbons (Fsp3) is 0.194. The molecule has 0 fully saturated rings. The second kappa shape index (κ2) is 23.7. The number of pyridine rings is 1.